The Morgan fingerprint density at radius 3 is 2.33 bits per heavy atom. The average molecular weight is 412 g/mol. The minimum absolute atomic E-state index is 0.158. The number of pyridine rings is 1. The van der Waals surface area contributed by atoms with E-state index in [1.807, 2.05) is 12.4 Å². The molecule has 4 fully saturated rings. The number of aryl methyl sites for hydroxylation is 1. The first-order chi connectivity index (χ1) is 14.7. The van der Waals surface area contributed by atoms with Crippen molar-refractivity contribution in [3.05, 3.63) is 30.1 Å². The number of amides is 2. The number of nitrogens with one attached hydrogen (secondary N) is 1. The molecule has 166 valence electrons. The van der Waals surface area contributed by atoms with E-state index < -0.39 is 0 Å². The van der Waals surface area contributed by atoms with E-state index in [4.69, 9.17) is 0 Å². The number of urea groups is 1. The summed E-state index contributed by atoms with van der Waals surface area (Å²) in [5.74, 6) is 2.96. The summed E-state index contributed by atoms with van der Waals surface area (Å²) in [6.45, 7) is 4.81. The number of hydrogen-bond donors (Lipinski definition) is 1. The molecule has 0 aliphatic heterocycles. The van der Waals surface area contributed by atoms with E-state index in [2.05, 4.69) is 34.3 Å². The third-order valence-corrected chi connectivity index (χ3v) is 8.06. The van der Waals surface area contributed by atoms with Gasteiger partial charge in [-0.05, 0) is 105 Å². The summed E-state index contributed by atoms with van der Waals surface area (Å²) in [5.41, 5.74) is 1.86. The predicted octanol–water partition coefficient (Wildman–Crippen LogP) is 5.82. The molecule has 1 aromatic heterocycles. The Morgan fingerprint density at radius 1 is 1.03 bits per heavy atom. The Kier molecular flexibility index (Phi) is 7.32. The maximum atomic E-state index is 13.0. The lowest BCUT2D eigenvalue weighted by Gasteiger charge is -2.57. The number of nitrogens with zero attached hydrogens (tertiary/aromatic N) is 2. The topological polar surface area (TPSA) is 45.2 Å². The number of carbonyl (C=O) groups excluding carboxylic acids is 1. The summed E-state index contributed by atoms with van der Waals surface area (Å²) in [5, 5.41) is 3.20. The molecule has 30 heavy (non-hydrogen) atoms. The van der Waals surface area contributed by atoms with Crippen molar-refractivity contribution < 1.29 is 4.79 Å². The highest BCUT2D eigenvalue weighted by Crippen LogP contribution is 2.61. The van der Waals surface area contributed by atoms with Gasteiger partial charge in [-0.1, -0.05) is 19.8 Å². The molecule has 1 heterocycles. The van der Waals surface area contributed by atoms with Crippen LogP contribution in [0.5, 0.6) is 0 Å². The average Bonchev–Trinajstić information content (AvgIpc) is 2.73. The molecule has 0 aromatic carbocycles. The van der Waals surface area contributed by atoms with E-state index in [0.717, 1.165) is 56.7 Å². The Bertz CT molecular complexity index is 639. The van der Waals surface area contributed by atoms with Crippen LogP contribution in [0.25, 0.3) is 0 Å². The lowest BCUT2D eigenvalue weighted by Crippen LogP contribution is -2.48. The van der Waals surface area contributed by atoms with E-state index in [-0.39, 0.29) is 6.03 Å². The number of carbonyl (C=O) groups is 1. The fourth-order valence-electron chi connectivity index (χ4n) is 6.99. The van der Waals surface area contributed by atoms with Crippen LogP contribution in [0.1, 0.15) is 83.1 Å². The molecular weight excluding hydrogens is 370 g/mol. The molecule has 1 aromatic rings. The zero-order valence-corrected chi connectivity index (χ0v) is 19.0. The molecule has 0 spiro atoms. The summed E-state index contributed by atoms with van der Waals surface area (Å²) < 4.78 is 0. The van der Waals surface area contributed by atoms with Gasteiger partial charge in [0.15, 0.2) is 0 Å². The van der Waals surface area contributed by atoms with Crippen molar-refractivity contribution in [1.82, 2.24) is 15.2 Å². The van der Waals surface area contributed by atoms with Crippen LogP contribution in [0.15, 0.2) is 24.5 Å². The van der Waals surface area contributed by atoms with Crippen molar-refractivity contribution in [1.29, 1.82) is 0 Å². The van der Waals surface area contributed by atoms with Crippen molar-refractivity contribution in [2.45, 2.75) is 84.0 Å². The molecule has 4 nitrogen and oxygen atoms in total. The van der Waals surface area contributed by atoms with Gasteiger partial charge in [-0.15, -0.1) is 0 Å². The number of aromatic nitrogens is 1. The third kappa shape index (κ3) is 5.56. The smallest absolute Gasteiger partial charge is 0.317 e. The molecule has 0 saturated heterocycles. The van der Waals surface area contributed by atoms with Crippen LogP contribution in [0, 0.1) is 23.2 Å². The summed E-state index contributed by atoms with van der Waals surface area (Å²) in [6.07, 6.45) is 19.2. The van der Waals surface area contributed by atoms with Crippen molar-refractivity contribution >= 4 is 6.03 Å². The second kappa shape index (κ2) is 10.2. The van der Waals surface area contributed by atoms with Crippen LogP contribution in [0.2, 0.25) is 0 Å². The maximum Gasteiger partial charge on any atom is 0.317 e. The second-order valence-corrected chi connectivity index (χ2v) is 10.6. The van der Waals surface area contributed by atoms with E-state index >= 15 is 0 Å². The molecule has 5 rings (SSSR count). The van der Waals surface area contributed by atoms with E-state index in [9.17, 15) is 4.79 Å². The highest BCUT2D eigenvalue weighted by molar-refractivity contribution is 5.74. The lowest BCUT2D eigenvalue weighted by molar-refractivity contribution is -0.0596. The molecule has 2 amide bonds. The molecule has 0 radical (unpaired) electrons. The molecule has 4 aliphatic carbocycles. The maximum absolute atomic E-state index is 13.0. The number of rotatable bonds is 11. The van der Waals surface area contributed by atoms with Gasteiger partial charge in [0.05, 0.1) is 0 Å². The monoisotopic (exact) mass is 411 g/mol. The van der Waals surface area contributed by atoms with E-state index in [1.54, 1.807) is 0 Å². The van der Waals surface area contributed by atoms with E-state index in [0.29, 0.717) is 5.41 Å². The minimum atomic E-state index is 0.158. The SMILES string of the molecule is CCCCCNC(=O)N(CCCc1ccncc1)CCC12CC3CC(CC(C3)C1)C2. The second-order valence-electron chi connectivity index (χ2n) is 10.6. The number of unbranched alkanes of at least 4 members (excludes halogenated alkanes) is 2. The fourth-order valence-corrected chi connectivity index (χ4v) is 6.99. The quantitative estimate of drug-likeness (QED) is 0.466. The molecule has 4 aliphatic rings. The van der Waals surface area contributed by atoms with E-state index in [1.165, 1.54) is 63.4 Å². The van der Waals surface area contributed by atoms with Gasteiger partial charge < -0.3 is 10.2 Å². The first kappa shape index (κ1) is 21.6. The largest absolute Gasteiger partial charge is 0.338 e. The van der Waals surface area contributed by atoms with Gasteiger partial charge in [-0.25, -0.2) is 4.79 Å². The van der Waals surface area contributed by atoms with Gasteiger partial charge in [0, 0.05) is 32.0 Å². The van der Waals surface area contributed by atoms with Crippen LogP contribution < -0.4 is 5.32 Å². The van der Waals surface area contributed by atoms with Crippen LogP contribution >= 0.6 is 0 Å². The molecule has 0 unspecified atom stereocenters. The van der Waals surface area contributed by atoms with Crippen molar-refractivity contribution in [2.24, 2.45) is 23.2 Å². The first-order valence-electron chi connectivity index (χ1n) is 12.6. The molecule has 4 heteroatoms. The molecule has 0 atom stereocenters. The normalized spacial score (nSPS) is 29.2. The van der Waals surface area contributed by atoms with Crippen LogP contribution in [-0.4, -0.2) is 35.5 Å². The van der Waals surface area contributed by atoms with Gasteiger partial charge in [0.25, 0.3) is 0 Å². The molecule has 1 N–H and O–H groups in total. The van der Waals surface area contributed by atoms with Gasteiger partial charge >= 0.3 is 6.03 Å². The van der Waals surface area contributed by atoms with Crippen LogP contribution in [-0.2, 0) is 6.42 Å². The summed E-state index contributed by atoms with van der Waals surface area (Å²) >= 11 is 0. The van der Waals surface area contributed by atoms with Gasteiger partial charge in [-0.3, -0.25) is 4.98 Å². The summed E-state index contributed by atoms with van der Waals surface area (Å²) in [4.78, 5) is 19.2. The van der Waals surface area contributed by atoms with Gasteiger partial charge in [0.1, 0.15) is 0 Å². The van der Waals surface area contributed by atoms with Crippen LogP contribution in [0.4, 0.5) is 4.79 Å². The molecule has 4 bridgehead atoms. The third-order valence-electron chi connectivity index (χ3n) is 8.06. The van der Waals surface area contributed by atoms with Crippen molar-refractivity contribution in [3.63, 3.8) is 0 Å². The number of hydrogen-bond acceptors (Lipinski definition) is 2. The lowest BCUT2D eigenvalue weighted by atomic mass is 9.49. The summed E-state index contributed by atoms with van der Waals surface area (Å²) in [6, 6.07) is 4.33. The van der Waals surface area contributed by atoms with Crippen molar-refractivity contribution in [3.8, 4) is 0 Å². The Labute approximate surface area is 183 Å². The fraction of sp³-hybridized carbons (Fsp3) is 0.769. The van der Waals surface area contributed by atoms with Gasteiger partial charge in [-0.2, -0.15) is 0 Å². The Morgan fingerprint density at radius 2 is 1.70 bits per heavy atom. The zero-order valence-electron chi connectivity index (χ0n) is 19.0. The zero-order chi connectivity index (χ0) is 20.8. The first-order valence-corrected chi connectivity index (χ1v) is 12.6. The summed E-state index contributed by atoms with van der Waals surface area (Å²) in [7, 11) is 0. The van der Waals surface area contributed by atoms with Crippen molar-refractivity contribution in [2.75, 3.05) is 19.6 Å². The van der Waals surface area contributed by atoms with Gasteiger partial charge in [0.2, 0.25) is 0 Å². The molecular formula is C26H41N3O. The molecule has 4 saturated carbocycles. The van der Waals surface area contributed by atoms with Crippen LogP contribution in [0.3, 0.4) is 0 Å². The highest BCUT2D eigenvalue weighted by Gasteiger charge is 2.50. The minimum Gasteiger partial charge on any atom is -0.338 e. The Balaban J connectivity index is 1.31. The predicted molar refractivity (Wildman–Crippen MR) is 122 cm³/mol. The standard InChI is InChI=1S/C26H41N3O/c1-2-3-4-10-28-25(30)29(13-5-6-21-7-11-27-12-8-21)14-9-26-18-22-15-23(19-26)17-24(16-22)20-26/h7-8,11-12,22-24H,2-6,9-10,13-20H2,1H3,(H,28,30). The Hall–Kier alpha value is -1.58. The highest BCUT2D eigenvalue weighted by atomic mass is 16.2.